The van der Waals surface area contributed by atoms with Gasteiger partial charge in [-0.3, -0.25) is 4.79 Å². The lowest BCUT2D eigenvalue weighted by Gasteiger charge is -2.15. The second kappa shape index (κ2) is 8.66. The summed E-state index contributed by atoms with van der Waals surface area (Å²) in [4.78, 5) is 12.0. The highest BCUT2D eigenvalue weighted by molar-refractivity contribution is 5.83. The van der Waals surface area contributed by atoms with Gasteiger partial charge in [0, 0.05) is 6.54 Å². The van der Waals surface area contributed by atoms with Crippen LogP contribution in [-0.2, 0) is 9.53 Å². The molecule has 0 heterocycles. The molecule has 0 aliphatic carbocycles. The Labute approximate surface area is 108 Å². The van der Waals surface area contributed by atoms with Crippen LogP contribution in [0.3, 0.4) is 0 Å². The van der Waals surface area contributed by atoms with E-state index in [2.05, 4.69) is 5.32 Å². The van der Waals surface area contributed by atoms with Gasteiger partial charge in [-0.2, -0.15) is 0 Å². The van der Waals surface area contributed by atoms with Crippen molar-refractivity contribution in [1.82, 2.24) is 5.32 Å². The van der Waals surface area contributed by atoms with Crippen LogP contribution in [0.5, 0.6) is 0 Å². The van der Waals surface area contributed by atoms with Gasteiger partial charge in [-0.25, -0.2) is 0 Å². The van der Waals surface area contributed by atoms with E-state index in [9.17, 15) is 4.79 Å². The van der Waals surface area contributed by atoms with Gasteiger partial charge in [0.15, 0.2) is 0 Å². The van der Waals surface area contributed by atoms with Crippen molar-refractivity contribution >= 4 is 5.91 Å². The van der Waals surface area contributed by atoms with Crippen molar-refractivity contribution in [3.05, 3.63) is 35.9 Å². The monoisotopic (exact) mass is 251 g/mol. The van der Waals surface area contributed by atoms with Crippen LogP contribution in [0.1, 0.15) is 24.8 Å². The van der Waals surface area contributed by atoms with Crippen LogP contribution in [0.25, 0.3) is 0 Å². The van der Waals surface area contributed by atoms with E-state index in [4.69, 9.17) is 9.84 Å². The fraction of sp³-hybridized carbons (Fsp3) is 0.500. The zero-order valence-electron chi connectivity index (χ0n) is 10.8. The highest BCUT2D eigenvalue weighted by Crippen LogP contribution is 2.18. The Morgan fingerprint density at radius 2 is 2.06 bits per heavy atom. The number of hydrogen-bond acceptors (Lipinski definition) is 3. The van der Waals surface area contributed by atoms with E-state index in [1.165, 1.54) is 0 Å². The van der Waals surface area contributed by atoms with Gasteiger partial charge in [0.05, 0.1) is 25.7 Å². The number of benzene rings is 1. The Kier molecular flexibility index (Phi) is 7.06. The second-order valence-electron chi connectivity index (χ2n) is 4.00. The molecular weight excluding hydrogens is 230 g/mol. The molecule has 0 fully saturated rings. The number of carbonyl (C=O) groups excluding carboxylic acids is 1. The molecule has 1 amide bonds. The molecule has 0 saturated carbocycles. The van der Waals surface area contributed by atoms with Crippen molar-refractivity contribution < 1.29 is 14.6 Å². The minimum Gasteiger partial charge on any atom is -0.394 e. The normalized spacial score (nSPS) is 12.1. The third-order valence-corrected chi connectivity index (χ3v) is 2.71. The zero-order chi connectivity index (χ0) is 13.2. The van der Waals surface area contributed by atoms with Crippen LogP contribution >= 0.6 is 0 Å². The summed E-state index contributed by atoms with van der Waals surface area (Å²) in [7, 11) is 0. The number of nitrogens with one attached hydrogen (secondary N) is 1. The van der Waals surface area contributed by atoms with Gasteiger partial charge in [0.2, 0.25) is 5.91 Å². The molecule has 1 atom stereocenters. The first-order chi connectivity index (χ1) is 8.79. The molecule has 18 heavy (non-hydrogen) atoms. The van der Waals surface area contributed by atoms with Gasteiger partial charge in [0.25, 0.3) is 0 Å². The number of amides is 1. The standard InChI is InChI=1S/C14H21NO3/c1-2-13(12-6-4-3-5-7-12)14(17)15-8-10-18-11-9-16/h3-7,13,16H,2,8-11H2,1H3,(H,15,17). The number of ether oxygens (including phenoxy) is 1. The summed E-state index contributed by atoms with van der Waals surface area (Å²) in [5, 5.41) is 11.4. The molecule has 0 aliphatic heterocycles. The first-order valence-electron chi connectivity index (χ1n) is 6.30. The summed E-state index contributed by atoms with van der Waals surface area (Å²) in [5.41, 5.74) is 1.04. The molecule has 1 aromatic carbocycles. The molecular formula is C14H21NO3. The number of rotatable bonds is 8. The number of aliphatic hydroxyl groups is 1. The summed E-state index contributed by atoms with van der Waals surface area (Å²) in [6.45, 7) is 3.22. The summed E-state index contributed by atoms with van der Waals surface area (Å²) in [5.74, 6) is -0.0830. The van der Waals surface area contributed by atoms with Crippen LogP contribution in [0.15, 0.2) is 30.3 Å². The van der Waals surface area contributed by atoms with Crippen molar-refractivity contribution in [3.63, 3.8) is 0 Å². The van der Waals surface area contributed by atoms with Gasteiger partial charge in [-0.1, -0.05) is 37.3 Å². The van der Waals surface area contributed by atoms with E-state index in [1.807, 2.05) is 37.3 Å². The lowest BCUT2D eigenvalue weighted by atomic mass is 9.96. The Bertz CT molecular complexity index is 340. The average Bonchev–Trinajstić information content (AvgIpc) is 2.40. The minimum atomic E-state index is -0.107. The van der Waals surface area contributed by atoms with Crippen LogP contribution in [-0.4, -0.2) is 37.4 Å². The van der Waals surface area contributed by atoms with Crippen molar-refractivity contribution in [2.75, 3.05) is 26.4 Å². The van der Waals surface area contributed by atoms with E-state index in [1.54, 1.807) is 0 Å². The van der Waals surface area contributed by atoms with Crippen molar-refractivity contribution in [3.8, 4) is 0 Å². The molecule has 0 bridgehead atoms. The number of carbonyl (C=O) groups is 1. The molecule has 1 aromatic rings. The SMILES string of the molecule is CCC(C(=O)NCCOCCO)c1ccccc1. The minimum absolute atomic E-state index is 0.00947. The average molecular weight is 251 g/mol. The zero-order valence-corrected chi connectivity index (χ0v) is 10.8. The molecule has 1 unspecified atom stereocenters. The molecule has 0 radical (unpaired) electrons. The molecule has 2 N–H and O–H groups in total. The maximum atomic E-state index is 12.0. The number of aliphatic hydroxyl groups excluding tert-OH is 1. The predicted octanol–water partition coefficient (Wildman–Crippen LogP) is 1.31. The largest absolute Gasteiger partial charge is 0.394 e. The fourth-order valence-corrected chi connectivity index (χ4v) is 1.79. The van der Waals surface area contributed by atoms with Crippen molar-refractivity contribution in [2.24, 2.45) is 0 Å². The van der Waals surface area contributed by atoms with E-state index in [-0.39, 0.29) is 18.4 Å². The molecule has 4 nitrogen and oxygen atoms in total. The lowest BCUT2D eigenvalue weighted by Crippen LogP contribution is -2.32. The van der Waals surface area contributed by atoms with Crippen LogP contribution < -0.4 is 5.32 Å². The third-order valence-electron chi connectivity index (χ3n) is 2.71. The Hall–Kier alpha value is -1.39. The van der Waals surface area contributed by atoms with Crippen molar-refractivity contribution in [2.45, 2.75) is 19.3 Å². The summed E-state index contributed by atoms with van der Waals surface area (Å²) >= 11 is 0. The summed E-state index contributed by atoms with van der Waals surface area (Å²) in [6.07, 6.45) is 0.771. The maximum Gasteiger partial charge on any atom is 0.227 e. The Morgan fingerprint density at radius 1 is 1.33 bits per heavy atom. The van der Waals surface area contributed by atoms with Gasteiger partial charge < -0.3 is 15.2 Å². The lowest BCUT2D eigenvalue weighted by molar-refractivity contribution is -0.122. The molecule has 0 saturated heterocycles. The maximum absolute atomic E-state index is 12.0. The molecule has 1 rings (SSSR count). The molecule has 0 spiro atoms. The summed E-state index contributed by atoms with van der Waals surface area (Å²) < 4.78 is 5.09. The molecule has 4 heteroatoms. The molecule has 100 valence electrons. The number of hydrogen-bond donors (Lipinski definition) is 2. The van der Waals surface area contributed by atoms with Gasteiger partial charge in [-0.05, 0) is 12.0 Å². The second-order valence-corrected chi connectivity index (χ2v) is 4.00. The third kappa shape index (κ3) is 4.85. The fourth-order valence-electron chi connectivity index (χ4n) is 1.79. The summed E-state index contributed by atoms with van der Waals surface area (Å²) in [6, 6.07) is 9.76. The van der Waals surface area contributed by atoms with E-state index in [0.29, 0.717) is 19.8 Å². The van der Waals surface area contributed by atoms with Crippen molar-refractivity contribution in [1.29, 1.82) is 0 Å². The van der Waals surface area contributed by atoms with Crippen LogP contribution in [0.2, 0.25) is 0 Å². The van der Waals surface area contributed by atoms with Gasteiger partial charge in [0.1, 0.15) is 0 Å². The van der Waals surface area contributed by atoms with Gasteiger partial charge >= 0.3 is 0 Å². The molecule has 0 aromatic heterocycles. The van der Waals surface area contributed by atoms with Gasteiger partial charge in [-0.15, -0.1) is 0 Å². The first kappa shape index (κ1) is 14.7. The van der Waals surface area contributed by atoms with E-state index in [0.717, 1.165) is 12.0 Å². The smallest absolute Gasteiger partial charge is 0.227 e. The first-order valence-corrected chi connectivity index (χ1v) is 6.30. The van der Waals surface area contributed by atoms with Crippen LogP contribution in [0.4, 0.5) is 0 Å². The predicted molar refractivity (Wildman–Crippen MR) is 70.4 cm³/mol. The highest BCUT2D eigenvalue weighted by Gasteiger charge is 2.17. The topological polar surface area (TPSA) is 58.6 Å². The van der Waals surface area contributed by atoms with E-state index >= 15 is 0 Å². The highest BCUT2D eigenvalue weighted by atomic mass is 16.5. The molecule has 0 aliphatic rings. The van der Waals surface area contributed by atoms with Crippen LogP contribution in [0, 0.1) is 0 Å². The quantitative estimate of drug-likeness (QED) is 0.685. The Morgan fingerprint density at radius 3 is 2.67 bits per heavy atom. The van der Waals surface area contributed by atoms with E-state index < -0.39 is 0 Å². The Balaban J connectivity index is 2.39.